The summed E-state index contributed by atoms with van der Waals surface area (Å²) in [7, 11) is 0.527. The topological polar surface area (TPSA) is 53.5 Å². The molecule has 1 fully saturated rings. The molecule has 3 rings (SSSR count). The summed E-state index contributed by atoms with van der Waals surface area (Å²) in [4.78, 5) is 20.7. The molecule has 2 aromatic rings. The van der Waals surface area contributed by atoms with Gasteiger partial charge in [0.25, 0.3) is 0 Å². The van der Waals surface area contributed by atoms with E-state index in [0.29, 0.717) is 11.5 Å². The molecule has 0 radical (unpaired) electrons. The Morgan fingerprint density at radius 3 is 2.60 bits per heavy atom. The number of likely N-dealkylation sites (N-methyl/N-ethyl adjacent to an activating group) is 1. The van der Waals surface area contributed by atoms with Gasteiger partial charge in [-0.25, -0.2) is 9.37 Å². The van der Waals surface area contributed by atoms with Crippen LogP contribution in [0.5, 0.6) is 0 Å². The van der Waals surface area contributed by atoms with Gasteiger partial charge in [0.1, 0.15) is 17.7 Å². The lowest BCUT2D eigenvalue weighted by Crippen LogP contribution is -2.46. The smallest absolute Gasteiger partial charge is 0.250 e. The van der Waals surface area contributed by atoms with E-state index < -0.39 is 16.8 Å². The second kappa shape index (κ2) is 6.92. The van der Waals surface area contributed by atoms with Gasteiger partial charge in [-0.3, -0.25) is 9.00 Å². The Hall–Kier alpha value is -2.28. The quantitative estimate of drug-likeness (QED) is 0.842. The van der Waals surface area contributed by atoms with Crippen molar-refractivity contribution >= 4 is 28.2 Å². The molecule has 1 aliphatic rings. The van der Waals surface area contributed by atoms with Crippen LogP contribution in [-0.4, -0.2) is 39.8 Å². The van der Waals surface area contributed by atoms with E-state index in [-0.39, 0.29) is 23.4 Å². The Morgan fingerprint density at radius 2 is 1.96 bits per heavy atom. The van der Waals surface area contributed by atoms with Gasteiger partial charge >= 0.3 is 0 Å². The minimum atomic E-state index is -1.12. The van der Waals surface area contributed by atoms with E-state index >= 15 is 0 Å². The van der Waals surface area contributed by atoms with Gasteiger partial charge in [0.05, 0.1) is 11.6 Å². The zero-order valence-electron chi connectivity index (χ0n) is 14.4. The van der Waals surface area contributed by atoms with Crippen LogP contribution in [-0.2, 0) is 15.6 Å². The molecule has 1 saturated heterocycles. The normalized spacial score (nSPS) is 19.9. The minimum absolute atomic E-state index is 0.182. The molecule has 0 spiro atoms. The van der Waals surface area contributed by atoms with Crippen LogP contribution < -0.4 is 9.80 Å². The highest BCUT2D eigenvalue weighted by molar-refractivity contribution is 7.85. The molecule has 0 aliphatic carbocycles. The Labute approximate surface area is 148 Å². The maximum atomic E-state index is 13.1. The molecule has 2 heterocycles. The van der Waals surface area contributed by atoms with Gasteiger partial charge in [-0.05, 0) is 55.8 Å². The summed E-state index contributed by atoms with van der Waals surface area (Å²) in [5, 5.41) is 0. The third kappa shape index (κ3) is 3.71. The van der Waals surface area contributed by atoms with E-state index in [2.05, 4.69) is 4.98 Å². The highest BCUT2D eigenvalue weighted by atomic mass is 32.2. The second-order valence-electron chi connectivity index (χ2n) is 6.24. The van der Waals surface area contributed by atoms with Crippen LogP contribution in [0.4, 0.5) is 15.9 Å². The van der Waals surface area contributed by atoms with Gasteiger partial charge in [-0.15, -0.1) is 0 Å². The molecular weight excluding hydrogens is 341 g/mol. The van der Waals surface area contributed by atoms with E-state index in [1.54, 1.807) is 24.1 Å². The van der Waals surface area contributed by atoms with Gasteiger partial charge in [0, 0.05) is 29.2 Å². The fourth-order valence-corrected chi connectivity index (χ4v) is 4.38. The largest absolute Gasteiger partial charge is 0.332 e. The first-order valence-corrected chi connectivity index (χ1v) is 9.44. The van der Waals surface area contributed by atoms with E-state index in [0.717, 1.165) is 11.3 Å². The SMILES string of the molecule is Cc1cc(C)nc(N2C[S@@](=O)C[C@H]2C(=O)N(C)c2ccc(F)cc2)c1. The summed E-state index contributed by atoms with van der Waals surface area (Å²) in [6.07, 6.45) is 0. The number of halogens is 1. The second-order valence-corrected chi connectivity index (χ2v) is 7.71. The highest BCUT2D eigenvalue weighted by Gasteiger charge is 2.38. The van der Waals surface area contributed by atoms with Crippen molar-refractivity contribution < 1.29 is 13.4 Å². The molecule has 1 aliphatic heterocycles. The van der Waals surface area contributed by atoms with Crippen LogP contribution in [0.3, 0.4) is 0 Å². The summed E-state index contributed by atoms with van der Waals surface area (Å²) in [5.74, 6) is 0.669. The van der Waals surface area contributed by atoms with Crippen LogP contribution in [0.25, 0.3) is 0 Å². The van der Waals surface area contributed by atoms with Crippen LogP contribution in [0, 0.1) is 19.7 Å². The van der Waals surface area contributed by atoms with Crippen molar-refractivity contribution in [3.63, 3.8) is 0 Å². The molecule has 0 saturated carbocycles. The molecular formula is C18H20FN3O2S. The molecule has 1 amide bonds. The highest BCUT2D eigenvalue weighted by Crippen LogP contribution is 2.25. The summed E-state index contributed by atoms with van der Waals surface area (Å²) in [6.45, 7) is 3.86. The summed E-state index contributed by atoms with van der Waals surface area (Å²) in [6, 6.07) is 9.04. The summed E-state index contributed by atoms with van der Waals surface area (Å²) in [5.41, 5.74) is 2.49. The van der Waals surface area contributed by atoms with Gasteiger partial charge in [-0.1, -0.05) is 0 Å². The zero-order valence-corrected chi connectivity index (χ0v) is 15.2. The van der Waals surface area contributed by atoms with E-state index in [9.17, 15) is 13.4 Å². The van der Waals surface area contributed by atoms with Crippen molar-refractivity contribution in [3.05, 3.63) is 53.5 Å². The van der Waals surface area contributed by atoms with Crippen molar-refractivity contribution in [2.24, 2.45) is 0 Å². The Kier molecular flexibility index (Phi) is 4.85. The first-order valence-electron chi connectivity index (χ1n) is 7.95. The number of aromatic nitrogens is 1. The molecule has 0 N–H and O–H groups in total. The van der Waals surface area contributed by atoms with Crippen LogP contribution in [0.1, 0.15) is 11.3 Å². The number of amides is 1. The van der Waals surface area contributed by atoms with Gasteiger partial charge < -0.3 is 9.80 Å². The lowest BCUT2D eigenvalue weighted by molar-refractivity contribution is -0.119. The van der Waals surface area contributed by atoms with Crippen LogP contribution in [0.2, 0.25) is 0 Å². The monoisotopic (exact) mass is 361 g/mol. The summed E-state index contributed by atoms with van der Waals surface area (Å²) < 4.78 is 25.2. The molecule has 25 heavy (non-hydrogen) atoms. The predicted octanol–water partition coefficient (Wildman–Crippen LogP) is 2.40. The van der Waals surface area contributed by atoms with Gasteiger partial charge in [-0.2, -0.15) is 0 Å². The molecule has 1 aromatic carbocycles. The van der Waals surface area contributed by atoms with Crippen molar-refractivity contribution in [3.8, 4) is 0 Å². The van der Waals surface area contributed by atoms with E-state index in [4.69, 9.17) is 0 Å². The molecule has 0 unspecified atom stereocenters. The van der Waals surface area contributed by atoms with Crippen molar-refractivity contribution in [2.75, 3.05) is 28.5 Å². The fraction of sp³-hybridized carbons (Fsp3) is 0.333. The van der Waals surface area contributed by atoms with Gasteiger partial charge in [0.2, 0.25) is 5.91 Å². The number of carbonyl (C=O) groups excluding carboxylic acids is 1. The summed E-state index contributed by atoms with van der Waals surface area (Å²) >= 11 is 0. The Bertz CT molecular complexity index is 805. The number of anilines is 2. The third-order valence-electron chi connectivity index (χ3n) is 4.21. The lowest BCUT2D eigenvalue weighted by Gasteiger charge is -2.28. The van der Waals surface area contributed by atoms with Crippen molar-refractivity contribution in [1.82, 2.24) is 4.98 Å². The average molecular weight is 361 g/mol. The Balaban J connectivity index is 1.89. The molecule has 5 nitrogen and oxygen atoms in total. The predicted molar refractivity (Wildman–Crippen MR) is 97.7 cm³/mol. The van der Waals surface area contributed by atoms with E-state index in [1.165, 1.54) is 17.0 Å². The number of hydrogen-bond donors (Lipinski definition) is 0. The fourth-order valence-electron chi connectivity index (χ4n) is 2.98. The first-order chi connectivity index (χ1) is 11.8. The molecule has 1 aromatic heterocycles. The maximum Gasteiger partial charge on any atom is 0.250 e. The number of benzene rings is 1. The first kappa shape index (κ1) is 17.5. The van der Waals surface area contributed by atoms with E-state index in [1.807, 2.05) is 26.0 Å². The molecule has 2 atom stereocenters. The lowest BCUT2D eigenvalue weighted by atomic mass is 10.2. The average Bonchev–Trinajstić information content (AvgIpc) is 2.95. The number of hydrogen-bond acceptors (Lipinski definition) is 4. The van der Waals surface area contributed by atoms with Crippen LogP contribution >= 0.6 is 0 Å². The van der Waals surface area contributed by atoms with Crippen LogP contribution in [0.15, 0.2) is 36.4 Å². The Morgan fingerprint density at radius 1 is 1.28 bits per heavy atom. The zero-order chi connectivity index (χ0) is 18.1. The molecule has 0 bridgehead atoms. The standard InChI is InChI=1S/C18H20FN3O2S/c1-12-8-13(2)20-17(9-12)22-11-25(24)10-16(22)18(23)21(3)15-6-4-14(19)5-7-15/h4-9,16H,10-11H2,1-3H3/t16-,25-/m0/s1. The van der Waals surface area contributed by atoms with Crippen molar-refractivity contribution in [2.45, 2.75) is 19.9 Å². The number of pyridine rings is 1. The number of carbonyl (C=O) groups is 1. The van der Waals surface area contributed by atoms with Crippen molar-refractivity contribution in [1.29, 1.82) is 0 Å². The minimum Gasteiger partial charge on any atom is -0.332 e. The maximum absolute atomic E-state index is 13.1. The van der Waals surface area contributed by atoms with Gasteiger partial charge in [0.15, 0.2) is 0 Å². The molecule has 132 valence electrons. The third-order valence-corrected chi connectivity index (χ3v) is 5.46. The number of nitrogens with zero attached hydrogens (tertiary/aromatic N) is 3. The number of aryl methyl sites for hydroxylation is 2. The molecule has 7 heteroatoms. The number of rotatable bonds is 3.